The van der Waals surface area contributed by atoms with E-state index in [0.717, 1.165) is 6.42 Å². The average Bonchev–Trinajstić information content (AvgIpc) is 2.41. The van der Waals surface area contributed by atoms with Crippen LogP contribution in [-0.4, -0.2) is 55.1 Å². The Morgan fingerprint density at radius 2 is 1.85 bits per heavy atom. The van der Waals surface area contributed by atoms with Crippen LogP contribution in [-0.2, 0) is 9.59 Å². The summed E-state index contributed by atoms with van der Waals surface area (Å²) in [4.78, 5) is 34.6. The Bertz CT molecular complexity index is 334. The summed E-state index contributed by atoms with van der Waals surface area (Å²) < 4.78 is 0. The van der Waals surface area contributed by atoms with Gasteiger partial charge in [0.15, 0.2) is 0 Å². The number of aliphatic carboxylic acids is 1. The molecule has 0 rings (SSSR count). The molecule has 0 bridgehead atoms. The first kappa shape index (κ1) is 18.2. The van der Waals surface area contributed by atoms with Gasteiger partial charge in [0, 0.05) is 40.0 Å². The predicted octanol–water partition coefficient (Wildman–Crippen LogP) is 0.655. The zero-order valence-corrected chi connectivity index (χ0v) is 12.4. The zero-order valence-electron chi connectivity index (χ0n) is 12.4. The van der Waals surface area contributed by atoms with E-state index in [2.05, 4.69) is 10.6 Å². The van der Waals surface area contributed by atoms with Crippen molar-refractivity contribution in [2.24, 2.45) is 5.92 Å². The summed E-state index contributed by atoms with van der Waals surface area (Å²) in [6, 6.07) is -0.223. The maximum Gasteiger partial charge on any atom is 0.317 e. The van der Waals surface area contributed by atoms with Crippen LogP contribution in [0.25, 0.3) is 0 Å². The molecular weight excluding hydrogens is 262 g/mol. The lowest BCUT2D eigenvalue weighted by Crippen LogP contribution is -2.39. The molecule has 0 saturated carbocycles. The highest BCUT2D eigenvalue weighted by atomic mass is 16.4. The maximum atomic E-state index is 11.7. The molecule has 0 aromatic carbocycles. The van der Waals surface area contributed by atoms with E-state index in [1.54, 1.807) is 14.1 Å². The Morgan fingerprint density at radius 1 is 1.20 bits per heavy atom. The minimum atomic E-state index is -0.796. The second kappa shape index (κ2) is 10.1. The summed E-state index contributed by atoms with van der Waals surface area (Å²) in [5, 5.41) is 13.8. The molecular formula is C13H25N3O4. The predicted molar refractivity (Wildman–Crippen MR) is 75.4 cm³/mol. The van der Waals surface area contributed by atoms with E-state index in [4.69, 9.17) is 5.11 Å². The molecule has 0 aliphatic carbocycles. The summed E-state index contributed by atoms with van der Waals surface area (Å²) in [7, 11) is 3.19. The van der Waals surface area contributed by atoms with Crippen molar-refractivity contribution in [3.63, 3.8) is 0 Å². The van der Waals surface area contributed by atoms with Crippen molar-refractivity contribution in [1.29, 1.82) is 0 Å². The number of nitrogens with one attached hydrogen (secondary N) is 2. The van der Waals surface area contributed by atoms with Gasteiger partial charge in [-0.05, 0) is 18.8 Å². The summed E-state index contributed by atoms with van der Waals surface area (Å²) >= 11 is 0. The molecule has 0 aromatic heterocycles. The number of amides is 3. The van der Waals surface area contributed by atoms with Crippen LogP contribution in [0, 0.1) is 5.92 Å². The first-order chi connectivity index (χ1) is 9.36. The number of rotatable bonds is 9. The molecule has 0 spiro atoms. The van der Waals surface area contributed by atoms with Gasteiger partial charge in [0.2, 0.25) is 5.91 Å². The molecule has 7 heteroatoms. The largest absolute Gasteiger partial charge is 0.481 e. The van der Waals surface area contributed by atoms with E-state index >= 15 is 0 Å². The Morgan fingerprint density at radius 3 is 2.40 bits per heavy atom. The molecule has 3 N–H and O–H groups in total. The standard InChI is InChI=1S/C13H25N3O4/c1-10(4-5-12(18)19)6-8-15-13(20)16(3)9-7-11(17)14-2/h10H,4-9H2,1-3H3,(H,14,17)(H,15,20)(H,18,19). The lowest BCUT2D eigenvalue weighted by molar-refractivity contribution is -0.137. The maximum absolute atomic E-state index is 11.7. The molecule has 7 nitrogen and oxygen atoms in total. The SMILES string of the molecule is CNC(=O)CCN(C)C(=O)NCCC(C)CCC(=O)O. The fourth-order valence-corrected chi connectivity index (χ4v) is 1.57. The van der Waals surface area contributed by atoms with Crippen LogP contribution in [0.3, 0.4) is 0 Å². The lowest BCUT2D eigenvalue weighted by atomic mass is 10.0. The van der Waals surface area contributed by atoms with Crippen LogP contribution in [0.5, 0.6) is 0 Å². The molecule has 0 fully saturated rings. The van der Waals surface area contributed by atoms with E-state index in [-0.39, 0.29) is 30.7 Å². The van der Waals surface area contributed by atoms with Crippen LogP contribution < -0.4 is 10.6 Å². The Balaban J connectivity index is 3.75. The number of carbonyl (C=O) groups excluding carboxylic acids is 2. The molecule has 0 aliphatic heterocycles. The molecule has 0 aromatic rings. The normalized spacial score (nSPS) is 11.6. The quantitative estimate of drug-likeness (QED) is 0.580. The second-order valence-electron chi connectivity index (χ2n) is 4.90. The molecule has 3 amide bonds. The summed E-state index contributed by atoms with van der Waals surface area (Å²) in [5.41, 5.74) is 0. The molecule has 0 saturated heterocycles. The number of carboxylic acid groups (broad SMARTS) is 1. The van der Waals surface area contributed by atoms with E-state index in [1.807, 2.05) is 6.92 Å². The Hall–Kier alpha value is -1.79. The molecule has 1 atom stereocenters. The fraction of sp³-hybridized carbons (Fsp3) is 0.769. The molecule has 20 heavy (non-hydrogen) atoms. The minimum absolute atomic E-state index is 0.105. The van der Waals surface area contributed by atoms with E-state index in [1.165, 1.54) is 4.90 Å². The number of hydrogen-bond donors (Lipinski definition) is 3. The van der Waals surface area contributed by atoms with Gasteiger partial charge >= 0.3 is 12.0 Å². The zero-order chi connectivity index (χ0) is 15.5. The molecule has 116 valence electrons. The first-order valence-electron chi connectivity index (χ1n) is 6.78. The van der Waals surface area contributed by atoms with Crippen LogP contribution >= 0.6 is 0 Å². The lowest BCUT2D eigenvalue weighted by Gasteiger charge is -2.18. The van der Waals surface area contributed by atoms with Gasteiger partial charge < -0.3 is 20.6 Å². The number of nitrogens with zero attached hydrogens (tertiary/aromatic N) is 1. The third kappa shape index (κ3) is 9.18. The fourth-order valence-electron chi connectivity index (χ4n) is 1.57. The van der Waals surface area contributed by atoms with Crippen LogP contribution in [0.1, 0.15) is 32.6 Å². The highest BCUT2D eigenvalue weighted by Crippen LogP contribution is 2.09. The number of hydrogen-bond acceptors (Lipinski definition) is 3. The van der Waals surface area contributed by atoms with Crippen molar-refractivity contribution in [2.75, 3.05) is 27.2 Å². The smallest absolute Gasteiger partial charge is 0.317 e. The highest BCUT2D eigenvalue weighted by molar-refractivity contribution is 5.77. The van der Waals surface area contributed by atoms with Gasteiger partial charge in [0.25, 0.3) is 0 Å². The second-order valence-corrected chi connectivity index (χ2v) is 4.90. The average molecular weight is 287 g/mol. The third-order valence-electron chi connectivity index (χ3n) is 3.06. The van der Waals surface area contributed by atoms with Crippen molar-refractivity contribution in [1.82, 2.24) is 15.5 Å². The molecule has 0 radical (unpaired) electrons. The van der Waals surface area contributed by atoms with Crippen LogP contribution in [0.4, 0.5) is 4.79 Å². The number of carboxylic acids is 1. The highest BCUT2D eigenvalue weighted by Gasteiger charge is 2.10. The Labute approximate surface area is 119 Å². The minimum Gasteiger partial charge on any atom is -0.481 e. The van der Waals surface area contributed by atoms with Crippen molar-refractivity contribution in [2.45, 2.75) is 32.6 Å². The van der Waals surface area contributed by atoms with E-state index in [0.29, 0.717) is 19.5 Å². The van der Waals surface area contributed by atoms with E-state index in [9.17, 15) is 14.4 Å². The topological polar surface area (TPSA) is 98.7 Å². The van der Waals surface area contributed by atoms with Gasteiger partial charge in [-0.3, -0.25) is 9.59 Å². The molecule has 0 aliphatic rings. The third-order valence-corrected chi connectivity index (χ3v) is 3.06. The van der Waals surface area contributed by atoms with Crippen molar-refractivity contribution >= 4 is 17.9 Å². The van der Waals surface area contributed by atoms with Crippen molar-refractivity contribution in [3.8, 4) is 0 Å². The Kier molecular flexibility index (Phi) is 9.15. The van der Waals surface area contributed by atoms with E-state index < -0.39 is 5.97 Å². The van der Waals surface area contributed by atoms with Crippen molar-refractivity contribution < 1.29 is 19.5 Å². The number of urea groups is 1. The monoisotopic (exact) mass is 287 g/mol. The van der Waals surface area contributed by atoms with Gasteiger partial charge in [0.05, 0.1) is 0 Å². The van der Waals surface area contributed by atoms with Crippen LogP contribution in [0.2, 0.25) is 0 Å². The van der Waals surface area contributed by atoms with Crippen molar-refractivity contribution in [3.05, 3.63) is 0 Å². The van der Waals surface area contributed by atoms with Gasteiger partial charge in [-0.25, -0.2) is 4.79 Å². The first-order valence-corrected chi connectivity index (χ1v) is 6.78. The van der Waals surface area contributed by atoms with Gasteiger partial charge in [0.1, 0.15) is 0 Å². The molecule has 1 unspecified atom stereocenters. The number of carbonyl (C=O) groups is 3. The van der Waals surface area contributed by atoms with Gasteiger partial charge in [-0.2, -0.15) is 0 Å². The summed E-state index contributed by atoms with van der Waals surface area (Å²) in [5.74, 6) is -0.649. The molecule has 0 heterocycles. The van der Waals surface area contributed by atoms with Gasteiger partial charge in [-0.15, -0.1) is 0 Å². The summed E-state index contributed by atoms with van der Waals surface area (Å²) in [6.07, 6.45) is 1.77. The summed E-state index contributed by atoms with van der Waals surface area (Å²) in [6.45, 7) is 2.83. The van der Waals surface area contributed by atoms with Crippen LogP contribution in [0.15, 0.2) is 0 Å². The van der Waals surface area contributed by atoms with Gasteiger partial charge in [-0.1, -0.05) is 6.92 Å².